The predicted molar refractivity (Wildman–Crippen MR) is 134 cm³/mol. The number of nitriles is 1. The predicted octanol–water partition coefficient (Wildman–Crippen LogP) is 1.14. The number of ether oxygens (including phenoxy) is 1. The van der Waals surface area contributed by atoms with Gasteiger partial charge in [0.15, 0.2) is 0 Å². The van der Waals surface area contributed by atoms with E-state index in [0.717, 1.165) is 48.0 Å². The molecule has 1 atom stereocenters. The van der Waals surface area contributed by atoms with E-state index in [2.05, 4.69) is 28.9 Å². The van der Waals surface area contributed by atoms with Crippen LogP contribution in [0.4, 0.5) is 0 Å². The van der Waals surface area contributed by atoms with E-state index >= 15 is 0 Å². The van der Waals surface area contributed by atoms with Crippen LogP contribution in [0.5, 0.6) is 0 Å². The van der Waals surface area contributed by atoms with Gasteiger partial charge < -0.3 is 29.6 Å². The summed E-state index contributed by atoms with van der Waals surface area (Å²) < 4.78 is 11.4. The average Bonchev–Trinajstić information content (AvgIpc) is 3.38. The molecule has 1 aliphatic rings. The molecule has 35 heavy (non-hydrogen) atoms. The average molecular weight is 478 g/mol. The molecule has 0 bridgehead atoms. The van der Waals surface area contributed by atoms with Gasteiger partial charge in [-0.15, -0.1) is 0 Å². The van der Waals surface area contributed by atoms with E-state index in [1.807, 2.05) is 31.2 Å². The largest absolute Gasteiger partial charge is 0.456 e. The number of morpholine rings is 1. The molecule has 1 aromatic carbocycles. The number of carbonyl (C=O) groups is 1. The minimum atomic E-state index is -1.09. The molecule has 1 amide bonds. The molecule has 8 nitrogen and oxygen atoms in total. The Bertz CT molecular complexity index is 1260. The van der Waals surface area contributed by atoms with E-state index in [1.165, 1.54) is 0 Å². The van der Waals surface area contributed by atoms with Crippen LogP contribution in [-0.2, 0) is 9.53 Å². The summed E-state index contributed by atoms with van der Waals surface area (Å²) in [4.78, 5) is 14.6. The zero-order valence-electron chi connectivity index (χ0n) is 20.1. The molecule has 2 heterocycles. The Morgan fingerprint density at radius 1 is 1.31 bits per heavy atom. The monoisotopic (exact) mass is 477 g/mol. The van der Waals surface area contributed by atoms with Crippen LogP contribution in [0.3, 0.4) is 0 Å². The molecule has 0 saturated carbocycles. The third kappa shape index (κ3) is 6.49. The smallest absolute Gasteiger partial charge is 0.262 e. The van der Waals surface area contributed by atoms with Gasteiger partial charge in [0.25, 0.3) is 5.91 Å². The van der Waals surface area contributed by atoms with Crippen molar-refractivity contribution in [1.82, 2.24) is 10.2 Å². The van der Waals surface area contributed by atoms with Gasteiger partial charge in [-0.25, -0.2) is 0 Å². The maximum atomic E-state index is 12.3. The maximum Gasteiger partial charge on any atom is 0.262 e. The van der Waals surface area contributed by atoms with Crippen molar-refractivity contribution in [3.8, 4) is 17.4 Å². The number of furan rings is 1. The Morgan fingerprint density at radius 2 is 2.06 bits per heavy atom. The van der Waals surface area contributed by atoms with Gasteiger partial charge in [-0.05, 0) is 48.6 Å². The molecule has 3 N–H and O–H groups in total. The lowest BCUT2D eigenvalue weighted by Crippen LogP contribution is -2.36. The molecular weight excluding hydrogens is 446 g/mol. The maximum absolute atomic E-state index is 12.3. The quantitative estimate of drug-likeness (QED) is 0.385. The summed E-state index contributed by atoms with van der Waals surface area (Å²) in [6, 6.07) is 11.3. The minimum absolute atomic E-state index is 0.124. The van der Waals surface area contributed by atoms with Crippen molar-refractivity contribution in [1.29, 1.82) is 5.26 Å². The number of allylic oxidation sites excluding steroid dienone is 3. The van der Waals surface area contributed by atoms with Crippen molar-refractivity contribution >= 4 is 24.1 Å². The van der Waals surface area contributed by atoms with Gasteiger partial charge in [0.05, 0.1) is 25.9 Å². The Kier molecular flexibility index (Phi) is 9.04. The van der Waals surface area contributed by atoms with E-state index < -0.39 is 18.6 Å². The Hall–Kier alpha value is -3.64. The highest BCUT2D eigenvalue weighted by Crippen LogP contribution is 2.26. The number of hydrogen-bond donors (Lipinski definition) is 3. The third-order valence-electron chi connectivity index (χ3n) is 5.80. The number of hydrogen-bond acceptors (Lipinski definition) is 7. The number of amides is 1. The van der Waals surface area contributed by atoms with Gasteiger partial charge in [-0.2, -0.15) is 5.26 Å². The summed E-state index contributed by atoms with van der Waals surface area (Å²) in [5.41, 5.74) is 2.20. The van der Waals surface area contributed by atoms with Crippen LogP contribution >= 0.6 is 0 Å². The zero-order chi connectivity index (χ0) is 25.4. The van der Waals surface area contributed by atoms with E-state index in [1.54, 1.807) is 19.1 Å². The number of aliphatic hydroxyl groups is 2. The second-order valence-electron chi connectivity index (χ2n) is 8.19. The summed E-state index contributed by atoms with van der Waals surface area (Å²) in [6.45, 7) is 10.3. The first-order valence-corrected chi connectivity index (χ1v) is 11.5. The third-order valence-corrected chi connectivity index (χ3v) is 5.80. The summed E-state index contributed by atoms with van der Waals surface area (Å²) >= 11 is 0. The summed E-state index contributed by atoms with van der Waals surface area (Å²) in [7, 11) is 0. The highest BCUT2D eigenvalue weighted by Gasteiger charge is 2.17. The lowest BCUT2D eigenvalue weighted by molar-refractivity contribution is -0.117. The number of rotatable bonds is 8. The molecular formula is C27H31N3O5. The first-order chi connectivity index (χ1) is 16.9. The van der Waals surface area contributed by atoms with E-state index in [9.17, 15) is 15.2 Å². The van der Waals surface area contributed by atoms with Gasteiger partial charge in [0.2, 0.25) is 0 Å². The lowest BCUT2D eigenvalue weighted by atomic mass is 10.1. The number of benzene rings is 1. The summed E-state index contributed by atoms with van der Waals surface area (Å²) in [5, 5.41) is 32.1. The van der Waals surface area contributed by atoms with Crippen LogP contribution in [0.2, 0.25) is 0 Å². The number of carbonyl (C=O) groups excluding carboxylic acids is 1. The lowest BCUT2D eigenvalue weighted by Gasteiger charge is -2.29. The van der Waals surface area contributed by atoms with Crippen LogP contribution in [0.1, 0.15) is 19.6 Å². The normalized spacial score (nSPS) is 16.5. The van der Waals surface area contributed by atoms with Crippen molar-refractivity contribution < 1.29 is 24.2 Å². The second kappa shape index (κ2) is 12.2. The molecule has 2 aromatic rings. The van der Waals surface area contributed by atoms with Crippen molar-refractivity contribution in [2.45, 2.75) is 20.0 Å². The molecule has 0 spiro atoms. The molecule has 1 saturated heterocycles. The Balaban J connectivity index is 1.83. The topological polar surface area (TPSA) is 119 Å². The Morgan fingerprint density at radius 3 is 2.69 bits per heavy atom. The van der Waals surface area contributed by atoms with Crippen LogP contribution in [0.25, 0.3) is 29.6 Å². The van der Waals surface area contributed by atoms with Crippen LogP contribution < -0.4 is 15.8 Å². The van der Waals surface area contributed by atoms with E-state index in [4.69, 9.17) is 14.3 Å². The molecule has 0 aliphatic carbocycles. The fourth-order valence-electron chi connectivity index (χ4n) is 3.72. The molecule has 8 heteroatoms. The van der Waals surface area contributed by atoms with Gasteiger partial charge >= 0.3 is 0 Å². The number of nitrogens with zero attached hydrogens (tertiary/aromatic N) is 2. The number of aliphatic hydroxyl groups excluding tert-OH is 2. The first kappa shape index (κ1) is 26.0. The summed E-state index contributed by atoms with van der Waals surface area (Å²) in [6.07, 6.45) is 3.10. The fourth-order valence-corrected chi connectivity index (χ4v) is 3.72. The van der Waals surface area contributed by atoms with E-state index in [0.29, 0.717) is 17.1 Å². The van der Waals surface area contributed by atoms with Crippen molar-refractivity contribution in [2.24, 2.45) is 0 Å². The standard InChI is InChI=1S/C27H31N3O5/c1-4-22(30-9-11-34-12-10-30)14-20-5-6-21(13-18(20)2)26-8-7-25(35-26)19(3)24(15-28)27(33)29-16-23(32)17-31/h4-8,13-14,23,31-32H,2,9-12,16-17H2,1,3H3,(H,29,33)/b20-14-,22-4+,24-19+. The van der Waals surface area contributed by atoms with Gasteiger partial charge in [0.1, 0.15) is 23.2 Å². The molecule has 1 aliphatic heterocycles. The van der Waals surface area contributed by atoms with Crippen molar-refractivity contribution in [2.75, 3.05) is 39.5 Å². The Labute approximate surface area is 204 Å². The molecule has 1 unspecified atom stereocenters. The van der Waals surface area contributed by atoms with Gasteiger partial charge in [-0.3, -0.25) is 4.79 Å². The zero-order valence-corrected chi connectivity index (χ0v) is 20.1. The minimum Gasteiger partial charge on any atom is -0.456 e. The van der Waals surface area contributed by atoms with Crippen LogP contribution in [0, 0.1) is 11.3 Å². The second-order valence-corrected chi connectivity index (χ2v) is 8.19. The highest BCUT2D eigenvalue weighted by molar-refractivity contribution is 6.04. The van der Waals surface area contributed by atoms with Crippen LogP contribution in [0.15, 0.2) is 52.1 Å². The first-order valence-electron chi connectivity index (χ1n) is 11.5. The number of nitrogens with one attached hydrogen (secondary N) is 1. The SMILES string of the molecule is C=c1cc(-c2ccc(/C(C)=C(\C#N)C(=O)NCC(O)CO)o2)cc/c1=C/C(=C\C)N1CCOCC1. The molecule has 3 rings (SSSR count). The highest BCUT2D eigenvalue weighted by atomic mass is 16.5. The fraction of sp³-hybridized carbons (Fsp3) is 0.333. The molecule has 0 radical (unpaired) electrons. The van der Waals surface area contributed by atoms with Crippen molar-refractivity contribution in [3.63, 3.8) is 0 Å². The molecule has 1 fully saturated rings. The van der Waals surface area contributed by atoms with Crippen molar-refractivity contribution in [3.05, 3.63) is 63.9 Å². The van der Waals surface area contributed by atoms with Gasteiger partial charge in [0, 0.05) is 36.5 Å². The summed E-state index contributed by atoms with van der Waals surface area (Å²) in [5.74, 6) is 0.332. The molecule has 1 aromatic heterocycles. The van der Waals surface area contributed by atoms with Crippen LogP contribution in [-0.4, -0.2) is 66.6 Å². The van der Waals surface area contributed by atoms with Gasteiger partial charge in [-0.1, -0.05) is 24.8 Å². The van der Waals surface area contributed by atoms with E-state index in [-0.39, 0.29) is 12.1 Å². The molecule has 184 valence electrons.